The predicted molar refractivity (Wildman–Crippen MR) is 93.5 cm³/mol. The molecule has 6 nitrogen and oxygen atoms in total. The van der Waals surface area contributed by atoms with Crippen molar-refractivity contribution in [3.05, 3.63) is 23.8 Å². The van der Waals surface area contributed by atoms with Crippen LogP contribution in [0.3, 0.4) is 0 Å². The molecule has 0 radical (unpaired) electrons. The molecule has 1 N–H and O–H groups in total. The Balaban J connectivity index is 1.58. The first-order valence-electron chi connectivity index (χ1n) is 9.12. The van der Waals surface area contributed by atoms with Crippen LogP contribution < -0.4 is 14.8 Å². The lowest BCUT2D eigenvalue weighted by Crippen LogP contribution is -2.41. The van der Waals surface area contributed by atoms with Crippen LogP contribution >= 0.6 is 0 Å². The van der Waals surface area contributed by atoms with Crippen LogP contribution in [0.1, 0.15) is 38.2 Å². The molecule has 136 valence electrons. The third-order valence-corrected chi connectivity index (χ3v) is 4.88. The van der Waals surface area contributed by atoms with Gasteiger partial charge in [0, 0.05) is 24.6 Å². The van der Waals surface area contributed by atoms with E-state index in [9.17, 15) is 9.59 Å². The zero-order chi connectivity index (χ0) is 17.6. The molecule has 1 fully saturated rings. The van der Waals surface area contributed by atoms with Crippen LogP contribution in [0.2, 0.25) is 0 Å². The predicted octanol–water partition coefficient (Wildman–Crippen LogP) is 2.11. The van der Waals surface area contributed by atoms with Crippen LogP contribution in [0.15, 0.2) is 18.2 Å². The van der Waals surface area contributed by atoms with Crippen LogP contribution in [-0.4, -0.2) is 43.0 Å². The maximum atomic E-state index is 12.5. The second-order valence-corrected chi connectivity index (χ2v) is 6.55. The number of nitrogens with zero attached hydrogens (tertiary/aromatic N) is 1. The minimum absolute atomic E-state index is 0.00993. The second-order valence-electron chi connectivity index (χ2n) is 6.55. The van der Waals surface area contributed by atoms with Crippen molar-refractivity contribution >= 4 is 11.8 Å². The molecular formula is C19H26N2O4. The van der Waals surface area contributed by atoms with Gasteiger partial charge in [0.2, 0.25) is 11.8 Å². The molecule has 0 saturated heterocycles. The number of carbonyl (C=O) groups excluding carboxylic acids is 2. The molecule has 1 aromatic carbocycles. The van der Waals surface area contributed by atoms with Crippen molar-refractivity contribution in [2.75, 3.05) is 26.3 Å². The highest BCUT2D eigenvalue weighted by Gasteiger charge is 2.24. The van der Waals surface area contributed by atoms with Gasteiger partial charge in [0.1, 0.15) is 13.2 Å². The average Bonchev–Trinajstić information content (AvgIpc) is 3.18. The van der Waals surface area contributed by atoms with E-state index >= 15 is 0 Å². The van der Waals surface area contributed by atoms with Crippen LogP contribution in [0, 0.1) is 5.92 Å². The number of amides is 2. The van der Waals surface area contributed by atoms with Crippen molar-refractivity contribution in [2.45, 2.75) is 39.2 Å². The number of rotatable bonds is 6. The number of hydrogen-bond donors (Lipinski definition) is 1. The molecule has 0 unspecified atom stereocenters. The van der Waals surface area contributed by atoms with E-state index in [1.807, 2.05) is 25.1 Å². The van der Waals surface area contributed by atoms with Crippen LogP contribution in [0.25, 0.3) is 0 Å². The van der Waals surface area contributed by atoms with Gasteiger partial charge in [-0.2, -0.15) is 0 Å². The fourth-order valence-electron chi connectivity index (χ4n) is 3.45. The van der Waals surface area contributed by atoms with Gasteiger partial charge in [0.15, 0.2) is 11.5 Å². The Hall–Kier alpha value is -2.24. The highest BCUT2D eigenvalue weighted by Crippen LogP contribution is 2.34. The number of para-hydroxylation sites is 1. The van der Waals surface area contributed by atoms with E-state index in [4.69, 9.17) is 9.47 Å². The van der Waals surface area contributed by atoms with Crippen LogP contribution in [-0.2, 0) is 16.1 Å². The lowest BCUT2D eigenvalue weighted by atomic mass is 10.1. The minimum atomic E-state index is -0.0804. The van der Waals surface area contributed by atoms with E-state index < -0.39 is 0 Å². The largest absolute Gasteiger partial charge is 0.486 e. The van der Waals surface area contributed by atoms with E-state index in [0.717, 1.165) is 42.7 Å². The molecule has 25 heavy (non-hydrogen) atoms. The third-order valence-electron chi connectivity index (χ3n) is 4.88. The summed E-state index contributed by atoms with van der Waals surface area (Å²) in [6.45, 7) is 4.06. The molecule has 1 aliphatic carbocycles. The van der Waals surface area contributed by atoms with Gasteiger partial charge in [0.05, 0.1) is 6.54 Å². The molecule has 0 spiro atoms. The maximum Gasteiger partial charge on any atom is 0.242 e. The van der Waals surface area contributed by atoms with E-state index in [2.05, 4.69) is 5.32 Å². The molecule has 6 heteroatoms. The fraction of sp³-hybridized carbons (Fsp3) is 0.579. The Morgan fingerprint density at radius 2 is 1.96 bits per heavy atom. The number of benzene rings is 1. The Labute approximate surface area is 148 Å². The molecular weight excluding hydrogens is 320 g/mol. The SMILES string of the molecule is CCN(Cc1cccc2c1OCCO2)C(=O)CNC(=O)C1CCCC1. The first-order chi connectivity index (χ1) is 12.2. The zero-order valence-electron chi connectivity index (χ0n) is 14.8. The van der Waals surface area contributed by atoms with Crippen LogP contribution in [0.4, 0.5) is 0 Å². The smallest absolute Gasteiger partial charge is 0.242 e. The summed E-state index contributed by atoms with van der Waals surface area (Å²) in [6.07, 6.45) is 4.08. The first kappa shape index (κ1) is 17.6. The number of hydrogen-bond acceptors (Lipinski definition) is 4. The monoisotopic (exact) mass is 346 g/mol. The number of nitrogens with one attached hydrogen (secondary N) is 1. The summed E-state index contributed by atoms with van der Waals surface area (Å²) in [5.74, 6) is 1.45. The third kappa shape index (κ3) is 4.24. The summed E-state index contributed by atoms with van der Waals surface area (Å²) in [5, 5.41) is 2.80. The maximum absolute atomic E-state index is 12.5. The Morgan fingerprint density at radius 1 is 1.20 bits per heavy atom. The molecule has 1 aromatic rings. The lowest BCUT2D eigenvalue weighted by molar-refractivity contribution is -0.134. The van der Waals surface area contributed by atoms with E-state index in [1.54, 1.807) is 4.90 Å². The van der Waals surface area contributed by atoms with Gasteiger partial charge in [-0.25, -0.2) is 0 Å². The summed E-state index contributed by atoms with van der Waals surface area (Å²) < 4.78 is 11.3. The molecule has 0 bridgehead atoms. The standard InChI is InChI=1S/C19H26N2O4/c1-2-21(17(22)12-20-19(23)14-6-3-4-7-14)13-15-8-5-9-16-18(15)25-11-10-24-16/h5,8-9,14H,2-4,6-7,10-13H2,1H3,(H,20,23). The van der Waals surface area contributed by atoms with Crippen molar-refractivity contribution in [1.82, 2.24) is 10.2 Å². The van der Waals surface area contributed by atoms with Crippen molar-refractivity contribution in [3.8, 4) is 11.5 Å². The van der Waals surface area contributed by atoms with Crippen molar-refractivity contribution in [2.24, 2.45) is 5.92 Å². The van der Waals surface area contributed by atoms with Gasteiger partial charge in [-0.3, -0.25) is 9.59 Å². The van der Waals surface area contributed by atoms with Gasteiger partial charge < -0.3 is 19.7 Å². The molecule has 2 amide bonds. The second kappa shape index (κ2) is 8.23. The quantitative estimate of drug-likeness (QED) is 0.857. The summed E-state index contributed by atoms with van der Waals surface area (Å²) in [6, 6.07) is 5.72. The van der Waals surface area contributed by atoms with Crippen molar-refractivity contribution in [1.29, 1.82) is 0 Å². The molecule has 0 aromatic heterocycles. The molecule has 3 rings (SSSR count). The summed E-state index contributed by atoms with van der Waals surface area (Å²) in [7, 11) is 0. The van der Waals surface area contributed by atoms with Gasteiger partial charge in [-0.15, -0.1) is 0 Å². The van der Waals surface area contributed by atoms with E-state index in [1.165, 1.54) is 0 Å². The summed E-state index contributed by atoms with van der Waals surface area (Å²) in [5.41, 5.74) is 0.925. The normalized spacial score (nSPS) is 16.5. The molecule has 1 heterocycles. The highest BCUT2D eigenvalue weighted by atomic mass is 16.6. The van der Waals surface area contributed by atoms with Gasteiger partial charge in [0.25, 0.3) is 0 Å². The topological polar surface area (TPSA) is 67.9 Å². The molecule has 1 saturated carbocycles. The van der Waals surface area contributed by atoms with Gasteiger partial charge in [-0.1, -0.05) is 25.0 Å². The Kier molecular flexibility index (Phi) is 5.79. The molecule has 1 aliphatic heterocycles. The zero-order valence-corrected chi connectivity index (χ0v) is 14.8. The molecule has 2 aliphatic rings. The van der Waals surface area contributed by atoms with Gasteiger partial charge in [-0.05, 0) is 25.8 Å². The van der Waals surface area contributed by atoms with E-state index in [0.29, 0.717) is 26.3 Å². The summed E-state index contributed by atoms with van der Waals surface area (Å²) in [4.78, 5) is 26.3. The Bertz CT molecular complexity index is 626. The average molecular weight is 346 g/mol. The van der Waals surface area contributed by atoms with E-state index in [-0.39, 0.29) is 24.3 Å². The number of likely N-dealkylation sites (N-methyl/N-ethyl adjacent to an activating group) is 1. The highest BCUT2D eigenvalue weighted by molar-refractivity contribution is 5.86. The fourth-order valence-corrected chi connectivity index (χ4v) is 3.45. The van der Waals surface area contributed by atoms with Crippen molar-refractivity contribution < 1.29 is 19.1 Å². The minimum Gasteiger partial charge on any atom is -0.486 e. The number of carbonyl (C=O) groups is 2. The summed E-state index contributed by atoms with van der Waals surface area (Å²) >= 11 is 0. The first-order valence-corrected chi connectivity index (χ1v) is 9.12. The Morgan fingerprint density at radius 3 is 2.72 bits per heavy atom. The van der Waals surface area contributed by atoms with Crippen LogP contribution in [0.5, 0.6) is 11.5 Å². The molecule has 0 atom stereocenters. The number of ether oxygens (including phenoxy) is 2. The van der Waals surface area contributed by atoms with Gasteiger partial charge >= 0.3 is 0 Å². The lowest BCUT2D eigenvalue weighted by Gasteiger charge is -2.25. The number of fused-ring (bicyclic) bond motifs is 1. The van der Waals surface area contributed by atoms with Crippen molar-refractivity contribution in [3.63, 3.8) is 0 Å².